The third kappa shape index (κ3) is 1.53. The molecular formula is C11H13NO4. The molecule has 2 N–H and O–H groups in total. The smallest absolute Gasteiger partial charge is 0.310 e. The van der Waals surface area contributed by atoms with Gasteiger partial charge in [0.1, 0.15) is 0 Å². The summed E-state index contributed by atoms with van der Waals surface area (Å²) >= 11 is 0. The molecule has 0 spiro atoms. The van der Waals surface area contributed by atoms with Crippen molar-refractivity contribution < 1.29 is 15.1 Å². The van der Waals surface area contributed by atoms with E-state index in [0.29, 0.717) is 0 Å². The Kier molecular flexibility index (Phi) is 2.55. The summed E-state index contributed by atoms with van der Waals surface area (Å²) in [6.07, 6.45) is 2.76. The van der Waals surface area contributed by atoms with Crippen LogP contribution in [0.3, 0.4) is 0 Å². The summed E-state index contributed by atoms with van der Waals surface area (Å²) in [5, 5.41) is 29.4. The molecule has 1 aliphatic carbocycles. The molecule has 5 nitrogen and oxygen atoms in total. The third-order valence-electron chi connectivity index (χ3n) is 3.40. The van der Waals surface area contributed by atoms with Crippen LogP contribution in [-0.2, 0) is 5.41 Å². The van der Waals surface area contributed by atoms with Crippen LogP contribution in [0.4, 0.5) is 5.69 Å². The molecule has 2 rings (SSSR count). The Hall–Kier alpha value is -1.62. The van der Waals surface area contributed by atoms with Gasteiger partial charge in [-0.3, -0.25) is 10.1 Å². The monoisotopic (exact) mass is 223 g/mol. The van der Waals surface area contributed by atoms with E-state index in [1.807, 2.05) is 0 Å². The van der Waals surface area contributed by atoms with E-state index in [-0.39, 0.29) is 23.5 Å². The predicted octanol–water partition coefficient (Wildman–Crippen LogP) is 1.71. The number of phenolic OH excluding ortho intramolecular Hbond substituents is 1. The highest BCUT2D eigenvalue weighted by molar-refractivity contribution is 5.49. The van der Waals surface area contributed by atoms with Crippen LogP contribution in [-0.4, -0.2) is 21.7 Å². The number of nitro groups is 1. The van der Waals surface area contributed by atoms with Crippen LogP contribution in [0.15, 0.2) is 18.2 Å². The fourth-order valence-corrected chi connectivity index (χ4v) is 2.15. The van der Waals surface area contributed by atoms with Crippen molar-refractivity contribution in [1.29, 1.82) is 0 Å². The number of aliphatic hydroxyl groups is 1. The molecule has 1 saturated carbocycles. The summed E-state index contributed by atoms with van der Waals surface area (Å²) in [5.41, 5.74) is 0.188. The molecule has 0 atom stereocenters. The standard InChI is InChI=1S/C11H13NO4/c13-7-11(4-1-5-11)8-2-3-9(12(15)16)10(14)6-8/h2-3,6,13-14H,1,4-5,7H2. The lowest BCUT2D eigenvalue weighted by molar-refractivity contribution is -0.385. The van der Waals surface area contributed by atoms with Crippen molar-refractivity contribution in [3.05, 3.63) is 33.9 Å². The summed E-state index contributed by atoms with van der Waals surface area (Å²) in [5.74, 6) is -0.331. The fraction of sp³-hybridized carbons (Fsp3) is 0.455. The molecule has 16 heavy (non-hydrogen) atoms. The van der Waals surface area contributed by atoms with E-state index in [2.05, 4.69) is 0 Å². The largest absolute Gasteiger partial charge is 0.502 e. The second-order valence-corrected chi connectivity index (χ2v) is 4.25. The Labute approximate surface area is 92.5 Å². The quantitative estimate of drug-likeness (QED) is 0.603. The molecule has 5 heteroatoms. The number of rotatable bonds is 3. The molecule has 0 aromatic heterocycles. The van der Waals surface area contributed by atoms with E-state index >= 15 is 0 Å². The summed E-state index contributed by atoms with van der Waals surface area (Å²) in [6, 6.07) is 4.31. The first-order valence-corrected chi connectivity index (χ1v) is 5.18. The summed E-state index contributed by atoms with van der Waals surface area (Å²) in [7, 11) is 0. The Balaban J connectivity index is 2.37. The Morgan fingerprint density at radius 2 is 2.12 bits per heavy atom. The number of phenols is 1. The van der Waals surface area contributed by atoms with Gasteiger partial charge in [0.05, 0.1) is 11.5 Å². The Morgan fingerprint density at radius 1 is 1.44 bits per heavy atom. The lowest BCUT2D eigenvalue weighted by Crippen LogP contribution is -2.37. The van der Waals surface area contributed by atoms with Crippen LogP contribution < -0.4 is 0 Å². The molecule has 1 aromatic rings. The Bertz CT molecular complexity index is 420. The number of nitro benzene ring substituents is 1. The molecule has 1 fully saturated rings. The maximum atomic E-state index is 10.5. The van der Waals surface area contributed by atoms with Crippen LogP contribution in [0.2, 0.25) is 0 Å². The van der Waals surface area contributed by atoms with Gasteiger partial charge < -0.3 is 10.2 Å². The molecule has 86 valence electrons. The highest BCUT2D eigenvalue weighted by Crippen LogP contribution is 2.45. The maximum absolute atomic E-state index is 10.5. The highest BCUT2D eigenvalue weighted by Gasteiger charge is 2.38. The molecule has 1 aliphatic rings. The maximum Gasteiger partial charge on any atom is 0.310 e. The zero-order valence-electron chi connectivity index (χ0n) is 8.72. The van der Waals surface area contributed by atoms with Gasteiger partial charge in [0.15, 0.2) is 5.75 Å². The first-order valence-electron chi connectivity index (χ1n) is 5.18. The van der Waals surface area contributed by atoms with Gasteiger partial charge in [-0.05, 0) is 24.5 Å². The van der Waals surface area contributed by atoms with Crippen molar-refractivity contribution >= 4 is 5.69 Å². The molecule has 0 unspecified atom stereocenters. The molecule has 1 aromatic carbocycles. The molecule has 0 aliphatic heterocycles. The van der Waals surface area contributed by atoms with E-state index < -0.39 is 4.92 Å². The van der Waals surface area contributed by atoms with Crippen molar-refractivity contribution in [1.82, 2.24) is 0 Å². The summed E-state index contributed by atoms with van der Waals surface area (Å²) in [6.45, 7) is 0.0181. The summed E-state index contributed by atoms with van der Waals surface area (Å²) < 4.78 is 0. The van der Waals surface area contributed by atoms with Crippen molar-refractivity contribution in [3.8, 4) is 5.75 Å². The number of aromatic hydroxyl groups is 1. The predicted molar refractivity (Wildman–Crippen MR) is 57.4 cm³/mol. The minimum absolute atomic E-state index is 0.0181. The van der Waals surface area contributed by atoms with Crippen LogP contribution in [0.5, 0.6) is 5.75 Å². The number of aliphatic hydroxyl groups excluding tert-OH is 1. The minimum Gasteiger partial charge on any atom is -0.502 e. The number of hydrogen-bond acceptors (Lipinski definition) is 4. The average molecular weight is 223 g/mol. The lowest BCUT2D eigenvalue weighted by atomic mass is 9.65. The van der Waals surface area contributed by atoms with Crippen molar-refractivity contribution in [2.24, 2.45) is 0 Å². The average Bonchev–Trinajstić information content (AvgIpc) is 2.16. The van der Waals surface area contributed by atoms with Gasteiger partial charge in [0, 0.05) is 11.5 Å². The van der Waals surface area contributed by atoms with Crippen LogP contribution >= 0.6 is 0 Å². The minimum atomic E-state index is -0.620. The second-order valence-electron chi connectivity index (χ2n) is 4.25. The molecular weight excluding hydrogens is 210 g/mol. The summed E-state index contributed by atoms with van der Waals surface area (Å²) in [4.78, 5) is 9.91. The van der Waals surface area contributed by atoms with Crippen molar-refractivity contribution in [2.45, 2.75) is 24.7 Å². The van der Waals surface area contributed by atoms with Gasteiger partial charge in [0.2, 0.25) is 0 Å². The van der Waals surface area contributed by atoms with Gasteiger partial charge in [-0.1, -0.05) is 12.5 Å². The number of hydrogen-bond donors (Lipinski definition) is 2. The van der Waals surface area contributed by atoms with Gasteiger partial charge in [-0.2, -0.15) is 0 Å². The fourth-order valence-electron chi connectivity index (χ4n) is 2.15. The van der Waals surface area contributed by atoms with Crippen LogP contribution in [0.25, 0.3) is 0 Å². The zero-order chi connectivity index (χ0) is 11.8. The molecule has 0 radical (unpaired) electrons. The SMILES string of the molecule is O=[N+]([O-])c1ccc(C2(CO)CCC2)cc1O. The van der Waals surface area contributed by atoms with Gasteiger partial charge in [-0.25, -0.2) is 0 Å². The van der Waals surface area contributed by atoms with Crippen LogP contribution in [0, 0.1) is 10.1 Å². The van der Waals surface area contributed by atoms with E-state index in [0.717, 1.165) is 24.8 Å². The van der Waals surface area contributed by atoms with E-state index in [1.54, 1.807) is 6.07 Å². The van der Waals surface area contributed by atoms with E-state index in [9.17, 15) is 20.3 Å². The van der Waals surface area contributed by atoms with Gasteiger partial charge >= 0.3 is 5.69 Å². The van der Waals surface area contributed by atoms with Crippen molar-refractivity contribution in [2.75, 3.05) is 6.61 Å². The third-order valence-corrected chi connectivity index (χ3v) is 3.40. The molecule has 0 heterocycles. The Morgan fingerprint density at radius 3 is 2.50 bits per heavy atom. The molecule has 0 saturated heterocycles. The highest BCUT2D eigenvalue weighted by atomic mass is 16.6. The number of nitrogens with zero attached hydrogens (tertiary/aromatic N) is 1. The first-order chi connectivity index (χ1) is 7.59. The first kappa shape index (κ1) is 10.9. The van der Waals surface area contributed by atoms with E-state index in [1.165, 1.54) is 12.1 Å². The van der Waals surface area contributed by atoms with Crippen molar-refractivity contribution in [3.63, 3.8) is 0 Å². The van der Waals surface area contributed by atoms with Gasteiger partial charge in [-0.15, -0.1) is 0 Å². The van der Waals surface area contributed by atoms with Gasteiger partial charge in [0.25, 0.3) is 0 Å². The van der Waals surface area contributed by atoms with Crippen LogP contribution in [0.1, 0.15) is 24.8 Å². The molecule has 0 amide bonds. The lowest BCUT2D eigenvalue weighted by Gasteiger charge is -2.40. The zero-order valence-corrected chi connectivity index (χ0v) is 8.72. The second kappa shape index (κ2) is 3.75. The molecule has 0 bridgehead atoms. The normalized spacial score (nSPS) is 17.8. The van der Waals surface area contributed by atoms with E-state index in [4.69, 9.17) is 0 Å². The topological polar surface area (TPSA) is 83.6 Å². The number of benzene rings is 1.